The normalized spacial score (nSPS) is 11.1. The molecule has 2 aromatic rings. The molecule has 0 aliphatic carbocycles. The maximum Gasteiger partial charge on any atom is 0.257 e. The summed E-state index contributed by atoms with van der Waals surface area (Å²) in [5.74, 6) is 0.967. The Morgan fingerprint density at radius 1 is 1.14 bits per heavy atom. The molecule has 0 saturated carbocycles. The molecule has 0 aromatic heterocycles. The molecule has 1 amide bonds. The summed E-state index contributed by atoms with van der Waals surface area (Å²) in [6, 6.07) is 12.4. The molecule has 0 bridgehead atoms. The summed E-state index contributed by atoms with van der Waals surface area (Å²) in [4.78, 5) is 15.7. The van der Waals surface area contributed by atoms with E-state index in [0.29, 0.717) is 31.3 Å². The van der Waals surface area contributed by atoms with Crippen molar-refractivity contribution >= 4 is 11.9 Å². The van der Waals surface area contributed by atoms with Gasteiger partial charge >= 0.3 is 0 Å². The molecule has 29 heavy (non-hydrogen) atoms. The number of hydrogen-bond acceptors (Lipinski definition) is 3. The molecule has 156 valence electrons. The summed E-state index contributed by atoms with van der Waals surface area (Å²) in [6.45, 7) is 5.60. The number of carbonyl (C=O) groups is 1. The molecule has 0 spiro atoms. The van der Waals surface area contributed by atoms with Crippen LogP contribution in [0.25, 0.3) is 0 Å². The summed E-state index contributed by atoms with van der Waals surface area (Å²) < 4.78 is 18.7. The van der Waals surface area contributed by atoms with Crippen molar-refractivity contribution in [2.45, 2.75) is 26.8 Å². The number of benzene rings is 2. The lowest BCUT2D eigenvalue weighted by atomic mass is 10.1. The molecule has 7 heteroatoms. The molecule has 0 aliphatic rings. The van der Waals surface area contributed by atoms with Gasteiger partial charge in [-0.25, -0.2) is 4.39 Å². The van der Waals surface area contributed by atoms with Crippen molar-refractivity contribution in [2.75, 3.05) is 26.7 Å². The van der Waals surface area contributed by atoms with E-state index < -0.39 is 0 Å². The van der Waals surface area contributed by atoms with Crippen LogP contribution < -0.4 is 20.7 Å². The highest BCUT2D eigenvalue weighted by atomic mass is 19.1. The largest absolute Gasteiger partial charge is 0.484 e. The average molecular weight is 400 g/mol. The number of likely N-dealkylation sites (N-methyl/N-ethyl adjacent to an activating group) is 1. The van der Waals surface area contributed by atoms with Gasteiger partial charge in [0, 0.05) is 26.7 Å². The monoisotopic (exact) mass is 400 g/mol. The van der Waals surface area contributed by atoms with Gasteiger partial charge in [-0.1, -0.05) is 18.2 Å². The zero-order valence-electron chi connectivity index (χ0n) is 17.2. The van der Waals surface area contributed by atoms with Crippen molar-refractivity contribution in [1.82, 2.24) is 16.0 Å². The van der Waals surface area contributed by atoms with Crippen LogP contribution in [-0.2, 0) is 17.8 Å². The lowest BCUT2D eigenvalue weighted by molar-refractivity contribution is -0.122. The Labute approximate surface area is 171 Å². The first kappa shape index (κ1) is 22.2. The van der Waals surface area contributed by atoms with Gasteiger partial charge in [-0.2, -0.15) is 0 Å². The summed E-state index contributed by atoms with van der Waals surface area (Å²) in [7, 11) is 1.71. The van der Waals surface area contributed by atoms with Crippen molar-refractivity contribution < 1.29 is 13.9 Å². The van der Waals surface area contributed by atoms with E-state index in [-0.39, 0.29) is 18.3 Å². The van der Waals surface area contributed by atoms with Crippen LogP contribution in [0.15, 0.2) is 47.5 Å². The average Bonchev–Trinajstić information content (AvgIpc) is 2.71. The van der Waals surface area contributed by atoms with E-state index in [1.165, 1.54) is 6.07 Å². The van der Waals surface area contributed by atoms with Crippen molar-refractivity contribution in [2.24, 2.45) is 4.99 Å². The predicted molar refractivity (Wildman–Crippen MR) is 114 cm³/mol. The SMILES string of the molecule is CCNC(=O)COc1cccc(CNC(=NC)NCCc2ccc(F)cc2C)c1. The summed E-state index contributed by atoms with van der Waals surface area (Å²) in [5.41, 5.74) is 3.06. The van der Waals surface area contributed by atoms with Crippen molar-refractivity contribution in [3.8, 4) is 5.75 Å². The fourth-order valence-electron chi connectivity index (χ4n) is 2.80. The number of nitrogens with one attached hydrogen (secondary N) is 3. The number of hydrogen-bond donors (Lipinski definition) is 3. The third-order valence-corrected chi connectivity index (χ3v) is 4.32. The van der Waals surface area contributed by atoms with Crippen LogP contribution >= 0.6 is 0 Å². The van der Waals surface area contributed by atoms with E-state index >= 15 is 0 Å². The molecule has 0 unspecified atom stereocenters. The molecule has 0 heterocycles. The molecule has 3 N–H and O–H groups in total. The van der Waals surface area contributed by atoms with Crippen LogP contribution in [0.1, 0.15) is 23.6 Å². The molecular weight excluding hydrogens is 371 g/mol. The molecule has 0 radical (unpaired) electrons. The third-order valence-electron chi connectivity index (χ3n) is 4.32. The Morgan fingerprint density at radius 2 is 1.97 bits per heavy atom. The minimum Gasteiger partial charge on any atom is -0.484 e. The van der Waals surface area contributed by atoms with Crippen LogP contribution in [0, 0.1) is 12.7 Å². The number of aryl methyl sites for hydroxylation is 1. The van der Waals surface area contributed by atoms with Gasteiger partial charge in [-0.05, 0) is 61.2 Å². The van der Waals surface area contributed by atoms with Gasteiger partial charge in [-0.3, -0.25) is 9.79 Å². The Kier molecular flexibility index (Phi) is 8.95. The minimum absolute atomic E-state index is 0.00323. The molecule has 6 nitrogen and oxygen atoms in total. The van der Waals surface area contributed by atoms with E-state index in [0.717, 1.165) is 23.1 Å². The van der Waals surface area contributed by atoms with E-state index in [9.17, 15) is 9.18 Å². The second kappa shape index (κ2) is 11.7. The van der Waals surface area contributed by atoms with Crippen molar-refractivity contribution in [3.05, 3.63) is 65.0 Å². The van der Waals surface area contributed by atoms with Crippen LogP contribution in [0.2, 0.25) is 0 Å². The van der Waals surface area contributed by atoms with E-state index in [2.05, 4.69) is 20.9 Å². The smallest absolute Gasteiger partial charge is 0.257 e. The molecule has 2 rings (SSSR count). The Morgan fingerprint density at radius 3 is 2.69 bits per heavy atom. The Bertz CT molecular complexity index is 839. The lowest BCUT2D eigenvalue weighted by Crippen LogP contribution is -2.37. The number of aliphatic imine (C=N–C) groups is 1. The van der Waals surface area contributed by atoms with Gasteiger partial charge in [0.2, 0.25) is 0 Å². The fourth-order valence-corrected chi connectivity index (χ4v) is 2.80. The Hall–Kier alpha value is -3.09. The summed E-state index contributed by atoms with van der Waals surface area (Å²) in [5, 5.41) is 9.21. The van der Waals surface area contributed by atoms with Crippen molar-refractivity contribution in [1.29, 1.82) is 0 Å². The van der Waals surface area contributed by atoms with Gasteiger partial charge in [0.05, 0.1) is 0 Å². The van der Waals surface area contributed by atoms with Gasteiger partial charge in [0.1, 0.15) is 11.6 Å². The van der Waals surface area contributed by atoms with E-state index in [1.54, 1.807) is 13.1 Å². The number of carbonyl (C=O) groups excluding carboxylic acids is 1. The number of rotatable bonds is 9. The highest BCUT2D eigenvalue weighted by molar-refractivity contribution is 5.79. The first-order valence-corrected chi connectivity index (χ1v) is 9.69. The second-order valence-electron chi connectivity index (χ2n) is 6.56. The highest BCUT2D eigenvalue weighted by Crippen LogP contribution is 2.13. The minimum atomic E-state index is -0.214. The van der Waals surface area contributed by atoms with E-state index in [4.69, 9.17) is 4.74 Å². The fraction of sp³-hybridized carbons (Fsp3) is 0.364. The molecule has 0 fully saturated rings. The van der Waals surface area contributed by atoms with Crippen LogP contribution in [-0.4, -0.2) is 38.6 Å². The second-order valence-corrected chi connectivity index (χ2v) is 6.56. The highest BCUT2D eigenvalue weighted by Gasteiger charge is 2.04. The topological polar surface area (TPSA) is 74.8 Å². The number of amides is 1. The maximum absolute atomic E-state index is 13.2. The molecule has 0 saturated heterocycles. The first-order valence-electron chi connectivity index (χ1n) is 9.69. The van der Waals surface area contributed by atoms with Gasteiger partial charge < -0.3 is 20.7 Å². The molecule has 2 aromatic carbocycles. The predicted octanol–water partition coefficient (Wildman–Crippen LogP) is 2.56. The molecule has 0 aliphatic heterocycles. The number of halogens is 1. The third kappa shape index (κ3) is 7.81. The number of guanidine groups is 1. The molecular formula is C22H29FN4O2. The zero-order valence-corrected chi connectivity index (χ0v) is 17.2. The number of nitrogens with zero attached hydrogens (tertiary/aromatic N) is 1. The van der Waals surface area contributed by atoms with Gasteiger partial charge in [-0.15, -0.1) is 0 Å². The van der Waals surface area contributed by atoms with Crippen LogP contribution in [0.3, 0.4) is 0 Å². The number of ether oxygens (including phenoxy) is 1. The van der Waals surface area contributed by atoms with E-state index in [1.807, 2.05) is 44.2 Å². The quantitative estimate of drug-likeness (QED) is 0.447. The van der Waals surface area contributed by atoms with Crippen LogP contribution in [0.5, 0.6) is 5.75 Å². The van der Waals surface area contributed by atoms with Crippen LogP contribution in [0.4, 0.5) is 4.39 Å². The zero-order chi connectivity index (χ0) is 21.1. The van der Waals surface area contributed by atoms with Gasteiger partial charge in [0.25, 0.3) is 5.91 Å². The first-order chi connectivity index (χ1) is 14.0. The summed E-state index contributed by atoms with van der Waals surface area (Å²) >= 11 is 0. The van der Waals surface area contributed by atoms with Crippen molar-refractivity contribution in [3.63, 3.8) is 0 Å². The van der Waals surface area contributed by atoms with Gasteiger partial charge in [0.15, 0.2) is 12.6 Å². The standard InChI is InChI=1S/C22H29FN4O2/c1-4-25-21(28)15-29-20-7-5-6-17(13-20)14-27-22(24-3)26-11-10-18-8-9-19(23)12-16(18)2/h5-9,12-13H,4,10-11,14-15H2,1-3H3,(H,25,28)(H2,24,26,27). The lowest BCUT2D eigenvalue weighted by Gasteiger charge is -2.13. The summed E-state index contributed by atoms with van der Waals surface area (Å²) in [6.07, 6.45) is 0.774. The Balaban J connectivity index is 1.79. The molecule has 0 atom stereocenters. The maximum atomic E-state index is 13.2.